The van der Waals surface area contributed by atoms with E-state index in [1.807, 2.05) is 48.5 Å². The van der Waals surface area contributed by atoms with Crippen LogP contribution in [0.1, 0.15) is 24.8 Å². The number of thiazole rings is 1. The number of anilines is 4. The minimum absolute atomic E-state index is 0.110. The lowest BCUT2D eigenvalue weighted by Crippen LogP contribution is -2.36. The van der Waals surface area contributed by atoms with E-state index in [4.69, 9.17) is 14.7 Å². The summed E-state index contributed by atoms with van der Waals surface area (Å²) in [5.41, 5.74) is 4.13. The minimum atomic E-state index is -2.87. The maximum absolute atomic E-state index is 12.6. The van der Waals surface area contributed by atoms with E-state index < -0.39 is 6.61 Å². The third-order valence-corrected chi connectivity index (χ3v) is 9.02. The number of nitrogens with one attached hydrogen (secondary N) is 2. The summed E-state index contributed by atoms with van der Waals surface area (Å²) >= 11 is 2.92. The molecule has 13 heteroatoms. The second-order valence-electron chi connectivity index (χ2n) is 10.4. The van der Waals surface area contributed by atoms with Gasteiger partial charge in [-0.1, -0.05) is 32.0 Å². The van der Waals surface area contributed by atoms with Gasteiger partial charge >= 0.3 is 6.61 Å². The number of hydrogen-bond acceptors (Lipinski definition) is 11. The molecule has 0 radical (unpaired) electrons. The summed E-state index contributed by atoms with van der Waals surface area (Å²) in [6.45, 7) is 4.42. The summed E-state index contributed by atoms with van der Waals surface area (Å²) in [6.07, 6.45) is 3.52. The average Bonchev–Trinajstić information content (AvgIpc) is 3.51. The molecular weight excluding hydrogens is 617 g/mol. The van der Waals surface area contributed by atoms with Gasteiger partial charge in [0.1, 0.15) is 11.6 Å². The SMILES string of the molecule is CC(C)c1nc(-c2cccc(NSc3cccc(OC(F)F)c3)c2)c(-c2ccnc(Nc3ccc(N4CCOCC4)nc3)n2)s1. The molecule has 0 unspecified atom stereocenters. The van der Waals surface area contributed by atoms with Crippen LogP contribution in [0, 0.1) is 0 Å². The molecular formula is C32H31F2N7O2S2. The van der Waals surface area contributed by atoms with Gasteiger partial charge in [-0.05, 0) is 60.5 Å². The fourth-order valence-electron chi connectivity index (χ4n) is 4.63. The van der Waals surface area contributed by atoms with Crippen LogP contribution in [0.2, 0.25) is 0 Å². The number of hydrogen-bond donors (Lipinski definition) is 2. The lowest BCUT2D eigenvalue weighted by Gasteiger charge is -2.27. The third kappa shape index (κ3) is 7.85. The molecule has 0 saturated carbocycles. The zero-order valence-corrected chi connectivity index (χ0v) is 26.2. The van der Waals surface area contributed by atoms with E-state index in [1.54, 1.807) is 35.9 Å². The van der Waals surface area contributed by atoms with Crippen molar-refractivity contribution in [3.63, 3.8) is 0 Å². The van der Waals surface area contributed by atoms with Crippen molar-refractivity contribution >= 4 is 46.4 Å². The van der Waals surface area contributed by atoms with Crippen molar-refractivity contribution in [1.29, 1.82) is 0 Å². The molecule has 2 aromatic carbocycles. The maximum Gasteiger partial charge on any atom is 0.387 e. The maximum atomic E-state index is 12.6. The van der Waals surface area contributed by atoms with Crippen molar-refractivity contribution < 1.29 is 18.3 Å². The van der Waals surface area contributed by atoms with Crippen LogP contribution in [0.4, 0.5) is 31.9 Å². The Kier molecular flexibility index (Phi) is 9.67. The van der Waals surface area contributed by atoms with Crippen molar-refractivity contribution in [2.24, 2.45) is 0 Å². The summed E-state index contributed by atoms with van der Waals surface area (Å²) in [7, 11) is 0. The highest BCUT2D eigenvalue weighted by atomic mass is 32.2. The van der Waals surface area contributed by atoms with Gasteiger partial charge in [0.2, 0.25) is 5.95 Å². The van der Waals surface area contributed by atoms with Gasteiger partial charge < -0.3 is 24.4 Å². The lowest BCUT2D eigenvalue weighted by molar-refractivity contribution is -0.0499. The Labute approximate surface area is 268 Å². The Morgan fingerprint density at radius 3 is 2.58 bits per heavy atom. The van der Waals surface area contributed by atoms with E-state index in [9.17, 15) is 8.78 Å². The molecule has 1 fully saturated rings. The Hall–Kier alpha value is -4.33. The van der Waals surface area contributed by atoms with Crippen LogP contribution in [-0.4, -0.2) is 52.9 Å². The number of aromatic nitrogens is 4. The van der Waals surface area contributed by atoms with E-state index in [1.165, 1.54) is 18.0 Å². The summed E-state index contributed by atoms with van der Waals surface area (Å²) in [5.74, 6) is 1.72. The second-order valence-corrected chi connectivity index (χ2v) is 12.3. The zero-order chi connectivity index (χ0) is 31.2. The largest absolute Gasteiger partial charge is 0.435 e. The van der Waals surface area contributed by atoms with E-state index in [0.29, 0.717) is 19.2 Å². The molecule has 3 aromatic heterocycles. The number of pyridine rings is 1. The van der Waals surface area contributed by atoms with Gasteiger partial charge in [-0.2, -0.15) is 8.78 Å². The first-order chi connectivity index (χ1) is 21.9. The molecule has 5 aromatic rings. The highest BCUT2D eigenvalue weighted by Gasteiger charge is 2.19. The number of rotatable bonds is 11. The summed E-state index contributed by atoms with van der Waals surface area (Å²) in [5, 5.41) is 4.28. The number of ether oxygens (including phenoxy) is 2. The first kappa shape index (κ1) is 30.7. The number of alkyl halides is 2. The van der Waals surface area contributed by atoms with Gasteiger partial charge in [-0.25, -0.2) is 19.9 Å². The number of morpholine rings is 1. The van der Waals surface area contributed by atoms with Crippen LogP contribution in [0.15, 0.2) is 84.0 Å². The Bertz CT molecular complexity index is 1730. The quantitative estimate of drug-likeness (QED) is 0.137. The van der Waals surface area contributed by atoms with Gasteiger partial charge in [-0.3, -0.25) is 0 Å². The molecule has 1 aliphatic rings. The van der Waals surface area contributed by atoms with Crippen molar-refractivity contribution in [2.75, 3.05) is 41.2 Å². The fourth-order valence-corrected chi connectivity index (χ4v) is 6.37. The van der Waals surface area contributed by atoms with Crippen LogP contribution >= 0.6 is 23.3 Å². The monoisotopic (exact) mass is 647 g/mol. The van der Waals surface area contributed by atoms with Crippen LogP contribution in [-0.2, 0) is 4.74 Å². The molecule has 232 valence electrons. The average molecular weight is 648 g/mol. The highest BCUT2D eigenvalue weighted by Crippen LogP contribution is 2.39. The molecule has 0 atom stereocenters. The molecule has 45 heavy (non-hydrogen) atoms. The van der Waals surface area contributed by atoms with E-state index in [-0.39, 0.29) is 11.7 Å². The van der Waals surface area contributed by atoms with E-state index in [2.05, 4.69) is 43.5 Å². The number of halogens is 2. The van der Waals surface area contributed by atoms with E-state index >= 15 is 0 Å². The van der Waals surface area contributed by atoms with Crippen molar-refractivity contribution in [1.82, 2.24) is 19.9 Å². The molecule has 4 heterocycles. The van der Waals surface area contributed by atoms with Crippen LogP contribution in [0.25, 0.3) is 21.8 Å². The Balaban J connectivity index is 1.21. The Morgan fingerprint density at radius 2 is 1.80 bits per heavy atom. The zero-order valence-electron chi connectivity index (χ0n) is 24.6. The molecule has 2 N–H and O–H groups in total. The summed E-state index contributed by atoms with van der Waals surface area (Å²) < 4.78 is 38.5. The van der Waals surface area contributed by atoms with Gasteiger partial charge in [0.15, 0.2) is 0 Å². The predicted octanol–water partition coefficient (Wildman–Crippen LogP) is 8.09. The van der Waals surface area contributed by atoms with Crippen LogP contribution < -0.4 is 19.7 Å². The lowest BCUT2D eigenvalue weighted by atomic mass is 10.1. The van der Waals surface area contributed by atoms with Gasteiger partial charge in [0.25, 0.3) is 0 Å². The highest BCUT2D eigenvalue weighted by molar-refractivity contribution is 8.00. The first-order valence-corrected chi connectivity index (χ1v) is 16.0. The molecule has 1 aliphatic heterocycles. The number of nitrogens with zero attached hydrogens (tertiary/aromatic N) is 5. The summed E-state index contributed by atoms with van der Waals surface area (Å²) in [6, 6.07) is 20.3. The molecule has 0 amide bonds. The minimum Gasteiger partial charge on any atom is -0.435 e. The summed E-state index contributed by atoms with van der Waals surface area (Å²) in [4.78, 5) is 22.8. The molecule has 0 aliphatic carbocycles. The van der Waals surface area contributed by atoms with Crippen LogP contribution in [0.3, 0.4) is 0 Å². The normalized spacial score (nSPS) is 13.3. The van der Waals surface area contributed by atoms with E-state index in [0.717, 1.165) is 62.0 Å². The van der Waals surface area contributed by atoms with Gasteiger partial charge in [0.05, 0.1) is 46.4 Å². The predicted molar refractivity (Wildman–Crippen MR) is 176 cm³/mol. The van der Waals surface area contributed by atoms with Crippen LogP contribution in [0.5, 0.6) is 5.75 Å². The number of benzene rings is 2. The second kappa shape index (κ2) is 14.2. The molecule has 9 nitrogen and oxygen atoms in total. The standard InChI is InChI=1S/C32H31F2N7O2S2/c1-20(2)30-39-28(21-5-3-6-22(17-21)40-45-25-8-4-7-24(18-25)43-31(33)34)29(44-30)26-11-12-35-32(38-26)37-23-9-10-27(36-19-23)41-13-15-42-16-14-41/h3-12,17-20,31,40H,13-16H2,1-2H3,(H,35,37,38). The molecule has 0 bridgehead atoms. The topological polar surface area (TPSA) is 97.3 Å². The Morgan fingerprint density at radius 1 is 0.956 bits per heavy atom. The van der Waals surface area contributed by atoms with Gasteiger partial charge in [0, 0.05) is 41.4 Å². The van der Waals surface area contributed by atoms with Crippen molar-refractivity contribution in [2.45, 2.75) is 31.3 Å². The molecule has 0 spiro atoms. The fraction of sp³-hybridized carbons (Fsp3) is 0.250. The molecule has 1 saturated heterocycles. The van der Waals surface area contributed by atoms with Gasteiger partial charge in [-0.15, -0.1) is 11.3 Å². The third-order valence-electron chi connectivity index (χ3n) is 6.82. The smallest absolute Gasteiger partial charge is 0.387 e. The first-order valence-electron chi connectivity index (χ1n) is 14.4. The van der Waals surface area contributed by atoms with Crippen molar-refractivity contribution in [3.05, 3.63) is 84.1 Å². The van der Waals surface area contributed by atoms with Crippen molar-refractivity contribution in [3.8, 4) is 27.6 Å². The molecule has 6 rings (SSSR count).